The van der Waals surface area contributed by atoms with Crippen molar-refractivity contribution in [2.45, 2.75) is 17.8 Å². The molecule has 0 amide bonds. The van der Waals surface area contributed by atoms with Gasteiger partial charge in [0, 0.05) is 22.3 Å². The van der Waals surface area contributed by atoms with E-state index in [2.05, 4.69) is 235 Å². The highest BCUT2D eigenvalue weighted by Gasteiger charge is 2.46. The Bertz CT molecular complexity index is 3320. The maximum atomic E-state index is 6.17. The van der Waals surface area contributed by atoms with Crippen LogP contribution in [0.4, 0.5) is 0 Å². The van der Waals surface area contributed by atoms with Gasteiger partial charge in [0.1, 0.15) is 6.26 Å². The maximum Gasteiger partial charge on any atom is 0.115 e. The van der Waals surface area contributed by atoms with Gasteiger partial charge in [-0.25, -0.2) is 0 Å². The summed E-state index contributed by atoms with van der Waals surface area (Å²) in [5.74, 6) is 0.186. The predicted molar refractivity (Wildman–Crippen MR) is 260 cm³/mol. The fourth-order valence-corrected chi connectivity index (χ4v) is 10.4. The van der Waals surface area contributed by atoms with Gasteiger partial charge < -0.3 is 8.98 Å². The van der Waals surface area contributed by atoms with E-state index < -0.39 is 5.41 Å². The number of nitrogens with zero attached hydrogens (tertiary/aromatic N) is 1. The minimum Gasteiger partial charge on any atom is -0.470 e. The number of para-hydroxylation sites is 1. The van der Waals surface area contributed by atoms with E-state index in [9.17, 15) is 0 Å². The van der Waals surface area contributed by atoms with E-state index in [1.165, 1.54) is 88.6 Å². The summed E-state index contributed by atoms with van der Waals surface area (Å²) in [6.45, 7) is 0. The minimum atomic E-state index is -0.546. The summed E-state index contributed by atoms with van der Waals surface area (Å²) in [5, 5.41) is 2.47. The van der Waals surface area contributed by atoms with E-state index in [0.717, 1.165) is 17.7 Å². The first-order valence-electron chi connectivity index (χ1n) is 21.9. The first kappa shape index (κ1) is 36.9. The SMILES string of the molecule is c1ccc(-c2ccc(CC(c3ccc(-c4ccccc4)cc3)c3ccc(-c4ccc5c(c4)c4cccc6c4n5-c4cocc4C6(c4ccccc4)c4ccccc4)cc3)cc2)cc1. The van der Waals surface area contributed by atoms with Crippen LogP contribution in [-0.4, -0.2) is 4.57 Å². The Kier molecular flexibility index (Phi) is 8.90. The van der Waals surface area contributed by atoms with Crippen LogP contribution < -0.4 is 0 Å². The Morgan fingerprint density at radius 3 is 1.46 bits per heavy atom. The third kappa shape index (κ3) is 6.09. The van der Waals surface area contributed by atoms with Crippen LogP contribution in [0.2, 0.25) is 0 Å². The number of fused-ring (bicyclic) bond motifs is 5. The highest BCUT2D eigenvalue weighted by atomic mass is 16.3. The smallest absolute Gasteiger partial charge is 0.115 e. The van der Waals surface area contributed by atoms with E-state index in [-0.39, 0.29) is 5.92 Å². The van der Waals surface area contributed by atoms with Crippen molar-refractivity contribution in [1.29, 1.82) is 0 Å². The van der Waals surface area contributed by atoms with Gasteiger partial charge in [0.05, 0.1) is 28.4 Å². The van der Waals surface area contributed by atoms with Crippen LogP contribution in [0.5, 0.6) is 0 Å². The second-order valence-electron chi connectivity index (χ2n) is 16.9. The van der Waals surface area contributed by atoms with Crippen LogP contribution >= 0.6 is 0 Å². The molecule has 1 aliphatic rings. The second-order valence-corrected chi connectivity index (χ2v) is 16.9. The molecule has 2 heteroatoms. The number of aromatic nitrogens is 1. The Hall–Kier alpha value is -7.94. The van der Waals surface area contributed by atoms with Gasteiger partial charge in [-0.3, -0.25) is 0 Å². The van der Waals surface area contributed by atoms with E-state index in [4.69, 9.17) is 4.42 Å². The third-order valence-corrected chi connectivity index (χ3v) is 13.5. The Morgan fingerprint density at radius 1 is 0.397 bits per heavy atom. The lowest BCUT2D eigenvalue weighted by molar-refractivity contribution is 0.558. The molecule has 1 atom stereocenters. The zero-order valence-electron chi connectivity index (χ0n) is 34.7. The zero-order valence-corrected chi connectivity index (χ0v) is 34.7. The average Bonchev–Trinajstić information content (AvgIpc) is 3.99. The highest BCUT2D eigenvalue weighted by Crippen LogP contribution is 2.54. The molecule has 2 aromatic heterocycles. The molecule has 63 heavy (non-hydrogen) atoms. The molecule has 2 nitrogen and oxygen atoms in total. The molecule has 0 bridgehead atoms. The molecule has 0 saturated heterocycles. The molecule has 0 fully saturated rings. The van der Waals surface area contributed by atoms with E-state index in [1.807, 2.05) is 12.5 Å². The third-order valence-electron chi connectivity index (χ3n) is 13.5. The summed E-state index contributed by atoms with van der Waals surface area (Å²) in [7, 11) is 0. The monoisotopic (exact) mass is 805 g/mol. The van der Waals surface area contributed by atoms with Gasteiger partial charge in [-0.05, 0) is 85.3 Å². The van der Waals surface area contributed by atoms with Gasteiger partial charge in [-0.1, -0.05) is 218 Å². The molecular weight excluding hydrogens is 763 g/mol. The largest absolute Gasteiger partial charge is 0.470 e. The van der Waals surface area contributed by atoms with E-state index in [0.29, 0.717) is 0 Å². The summed E-state index contributed by atoms with van der Waals surface area (Å²) in [6.07, 6.45) is 4.79. The normalized spacial score (nSPS) is 13.2. The molecule has 298 valence electrons. The quantitative estimate of drug-likeness (QED) is 0.142. The van der Waals surface area contributed by atoms with E-state index >= 15 is 0 Å². The minimum absolute atomic E-state index is 0.186. The Balaban J connectivity index is 0.943. The molecule has 9 aromatic carbocycles. The Morgan fingerprint density at radius 2 is 0.889 bits per heavy atom. The number of rotatable bonds is 9. The zero-order chi connectivity index (χ0) is 41.7. The van der Waals surface area contributed by atoms with Gasteiger partial charge >= 0.3 is 0 Å². The molecule has 0 radical (unpaired) electrons. The molecular formula is C61H43NO. The second kappa shape index (κ2) is 15.2. The van der Waals surface area contributed by atoms with E-state index in [1.54, 1.807) is 0 Å². The van der Waals surface area contributed by atoms with Crippen molar-refractivity contribution in [3.05, 3.63) is 282 Å². The van der Waals surface area contributed by atoms with Crippen LogP contribution in [0.25, 0.3) is 60.9 Å². The maximum absolute atomic E-state index is 6.17. The van der Waals surface area contributed by atoms with Crippen LogP contribution in [0.15, 0.2) is 247 Å². The first-order chi connectivity index (χ1) is 31.2. The summed E-state index contributed by atoms with van der Waals surface area (Å²) in [6, 6.07) is 84.5. The van der Waals surface area contributed by atoms with Gasteiger partial charge in [0.15, 0.2) is 0 Å². The number of hydrogen-bond donors (Lipinski definition) is 0. The lowest BCUT2D eigenvalue weighted by Gasteiger charge is -2.39. The fourth-order valence-electron chi connectivity index (χ4n) is 10.4. The number of furan rings is 1. The van der Waals surface area contributed by atoms with Gasteiger partial charge in [-0.2, -0.15) is 0 Å². The molecule has 11 aromatic rings. The lowest BCUT2D eigenvalue weighted by atomic mass is 9.64. The van der Waals surface area contributed by atoms with Crippen molar-refractivity contribution in [2.24, 2.45) is 0 Å². The predicted octanol–water partition coefficient (Wildman–Crippen LogP) is 15.4. The molecule has 0 spiro atoms. The first-order valence-corrected chi connectivity index (χ1v) is 21.9. The fraction of sp³-hybridized carbons (Fsp3) is 0.0492. The van der Waals surface area contributed by atoms with Crippen molar-refractivity contribution >= 4 is 21.8 Å². The number of benzene rings is 9. The molecule has 0 aliphatic carbocycles. The van der Waals surface area contributed by atoms with Crippen molar-refractivity contribution in [3.63, 3.8) is 0 Å². The van der Waals surface area contributed by atoms with Crippen molar-refractivity contribution < 1.29 is 4.42 Å². The highest BCUT2D eigenvalue weighted by molar-refractivity contribution is 6.13. The van der Waals surface area contributed by atoms with Crippen LogP contribution in [0, 0.1) is 0 Å². The molecule has 1 unspecified atom stereocenters. The van der Waals surface area contributed by atoms with Gasteiger partial charge in [0.25, 0.3) is 0 Å². The van der Waals surface area contributed by atoms with Crippen LogP contribution in [0.3, 0.4) is 0 Å². The molecule has 0 N–H and O–H groups in total. The Labute approximate surface area is 368 Å². The molecule has 1 aliphatic heterocycles. The van der Waals surface area contributed by atoms with Crippen LogP contribution in [-0.2, 0) is 11.8 Å². The van der Waals surface area contributed by atoms with Gasteiger partial charge in [0.2, 0.25) is 0 Å². The van der Waals surface area contributed by atoms with Crippen molar-refractivity contribution in [1.82, 2.24) is 4.57 Å². The average molecular weight is 806 g/mol. The van der Waals surface area contributed by atoms with Crippen molar-refractivity contribution in [3.8, 4) is 39.1 Å². The summed E-state index contributed by atoms with van der Waals surface area (Å²) in [5.41, 5.74) is 19.0. The number of hydrogen-bond acceptors (Lipinski definition) is 1. The standard InChI is InChI=1S/C61H43NO/c1-5-14-43(15-6-1)45-26-24-42(25-27-45)38-54(48-32-28-46(29-33-48)44-16-7-2-8-17-44)49-34-30-47(31-35-49)50-36-37-58-55(39-50)53-22-13-23-56-60(53)62(58)59-41-63-40-57(59)61(56,51-18-9-3-10-19-51)52-20-11-4-12-21-52/h1-37,39-41,54H,38H2. The van der Waals surface area contributed by atoms with Crippen LogP contribution in [0.1, 0.15) is 44.9 Å². The topological polar surface area (TPSA) is 18.1 Å². The molecule has 3 heterocycles. The molecule has 12 rings (SSSR count). The summed E-state index contributed by atoms with van der Waals surface area (Å²) >= 11 is 0. The van der Waals surface area contributed by atoms with Gasteiger partial charge in [-0.15, -0.1) is 0 Å². The van der Waals surface area contributed by atoms with Crippen molar-refractivity contribution in [2.75, 3.05) is 0 Å². The lowest BCUT2D eigenvalue weighted by Crippen LogP contribution is -2.34. The summed E-state index contributed by atoms with van der Waals surface area (Å²) < 4.78 is 8.59. The molecule has 0 saturated carbocycles. The summed E-state index contributed by atoms with van der Waals surface area (Å²) in [4.78, 5) is 0.